The van der Waals surface area contributed by atoms with Gasteiger partial charge in [0.15, 0.2) is 0 Å². The number of hydrogen-bond donors (Lipinski definition) is 1. The van der Waals surface area contributed by atoms with E-state index in [1.807, 2.05) is 30.3 Å². The normalized spacial score (nSPS) is 10.4. The lowest BCUT2D eigenvalue weighted by atomic mass is 10.2. The SMILES string of the molecule is COc1cccc2ccc(CN)nc12. The Morgan fingerprint density at radius 1 is 1.29 bits per heavy atom. The average molecular weight is 188 g/mol. The third-order valence-electron chi connectivity index (χ3n) is 2.17. The summed E-state index contributed by atoms with van der Waals surface area (Å²) in [7, 11) is 1.64. The Balaban J connectivity index is 2.70. The molecular weight excluding hydrogens is 176 g/mol. The van der Waals surface area contributed by atoms with Crippen molar-refractivity contribution in [1.82, 2.24) is 4.98 Å². The first-order chi connectivity index (χ1) is 6.85. The number of para-hydroxylation sites is 1. The lowest BCUT2D eigenvalue weighted by Crippen LogP contribution is -1.99. The van der Waals surface area contributed by atoms with Gasteiger partial charge in [0.2, 0.25) is 0 Å². The van der Waals surface area contributed by atoms with E-state index in [4.69, 9.17) is 10.5 Å². The molecule has 0 saturated heterocycles. The van der Waals surface area contributed by atoms with E-state index < -0.39 is 0 Å². The number of benzene rings is 1. The molecule has 0 saturated carbocycles. The van der Waals surface area contributed by atoms with Gasteiger partial charge in [-0.3, -0.25) is 0 Å². The van der Waals surface area contributed by atoms with Gasteiger partial charge in [0.05, 0.1) is 12.8 Å². The van der Waals surface area contributed by atoms with E-state index in [2.05, 4.69) is 4.98 Å². The predicted molar refractivity (Wildman–Crippen MR) is 56.2 cm³/mol. The highest BCUT2D eigenvalue weighted by Crippen LogP contribution is 2.23. The molecule has 0 bridgehead atoms. The van der Waals surface area contributed by atoms with Crippen molar-refractivity contribution in [2.75, 3.05) is 7.11 Å². The molecule has 0 atom stereocenters. The minimum absolute atomic E-state index is 0.452. The average Bonchev–Trinajstić information content (AvgIpc) is 2.27. The highest BCUT2D eigenvalue weighted by atomic mass is 16.5. The summed E-state index contributed by atoms with van der Waals surface area (Å²) in [5.41, 5.74) is 7.28. The zero-order chi connectivity index (χ0) is 9.97. The van der Waals surface area contributed by atoms with Crippen LogP contribution in [0.4, 0.5) is 0 Å². The number of nitrogens with two attached hydrogens (primary N) is 1. The summed E-state index contributed by atoms with van der Waals surface area (Å²) in [5, 5.41) is 1.07. The summed E-state index contributed by atoms with van der Waals surface area (Å²) in [5.74, 6) is 0.790. The van der Waals surface area contributed by atoms with Crippen LogP contribution in [-0.4, -0.2) is 12.1 Å². The van der Waals surface area contributed by atoms with Crippen molar-refractivity contribution in [2.24, 2.45) is 5.73 Å². The highest BCUT2D eigenvalue weighted by Gasteiger charge is 2.02. The Bertz CT molecular complexity index is 454. The number of pyridine rings is 1. The van der Waals surface area contributed by atoms with Crippen LogP contribution in [-0.2, 0) is 6.54 Å². The number of hydrogen-bond acceptors (Lipinski definition) is 3. The lowest BCUT2D eigenvalue weighted by molar-refractivity contribution is 0.419. The largest absolute Gasteiger partial charge is 0.494 e. The molecule has 2 N–H and O–H groups in total. The van der Waals surface area contributed by atoms with Gasteiger partial charge in [-0.05, 0) is 12.1 Å². The zero-order valence-corrected chi connectivity index (χ0v) is 8.03. The van der Waals surface area contributed by atoms with Crippen LogP contribution in [0.5, 0.6) is 5.75 Å². The number of ether oxygens (including phenoxy) is 1. The first-order valence-corrected chi connectivity index (χ1v) is 4.48. The van der Waals surface area contributed by atoms with E-state index in [9.17, 15) is 0 Å². The molecule has 0 aliphatic heterocycles. The number of fused-ring (bicyclic) bond motifs is 1. The molecule has 0 amide bonds. The Kier molecular flexibility index (Phi) is 2.33. The van der Waals surface area contributed by atoms with Crippen molar-refractivity contribution in [2.45, 2.75) is 6.54 Å². The van der Waals surface area contributed by atoms with Crippen molar-refractivity contribution >= 4 is 10.9 Å². The Labute approximate surface area is 82.5 Å². The number of nitrogens with zero attached hydrogens (tertiary/aromatic N) is 1. The monoisotopic (exact) mass is 188 g/mol. The molecule has 1 heterocycles. The molecule has 2 aromatic rings. The molecule has 0 aliphatic rings. The number of methoxy groups -OCH3 is 1. The van der Waals surface area contributed by atoms with E-state index >= 15 is 0 Å². The van der Waals surface area contributed by atoms with E-state index in [-0.39, 0.29) is 0 Å². The van der Waals surface area contributed by atoms with Gasteiger partial charge in [0.25, 0.3) is 0 Å². The standard InChI is InChI=1S/C11H12N2O/c1-14-10-4-2-3-8-5-6-9(7-12)13-11(8)10/h2-6H,7,12H2,1H3. The fraction of sp³-hybridized carbons (Fsp3) is 0.182. The van der Waals surface area contributed by atoms with Gasteiger partial charge >= 0.3 is 0 Å². The van der Waals surface area contributed by atoms with E-state index in [0.29, 0.717) is 6.54 Å². The van der Waals surface area contributed by atoms with Crippen molar-refractivity contribution in [3.05, 3.63) is 36.0 Å². The van der Waals surface area contributed by atoms with Crippen molar-refractivity contribution in [3.63, 3.8) is 0 Å². The molecule has 2 rings (SSSR count). The van der Waals surface area contributed by atoms with Crippen LogP contribution in [0.25, 0.3) is 10.9 Å². The van der Waals surface area contributed by atoms with Gasteiger partial charge in [-0.2, -0.15) is 0 Å². The van der Waals surface area contributed by atoms with Crippen molar-refractivity contribution in [1.29, 1.82) is 0 Å². The second kappa shape index (κ2) is 3.64. The van der Waals surface area contributed by atoms with Crippen molar-refractivity contribution in [3.8, 4) is 5.75 Å². The third kappa shape index (κ3) is 1.42. The van der Waals surface area contributed by atoms with Crippen molar-refractivity contribution < 1.29 is 4.74 Å². The molecule has 72 valence electrons. The van der Waals surface area contributed by atoms with Gasteiger partial charge in [-0.25, -0.2) is 4.98 Å². The molecule has 14 heavy (non-hydrogen) atoms. The minimum atomic E-state index is 0.452. The second-order valence-corrected chi connectivity index (χ2v) is 3.04. The van der Waals surface area contributed by atoms with Crippen LogP contribution in [0.1, 0.15) is 5.69 Å². The summed E-state index contributed by atoms with van der Waals surface area (Å²) in [4.78, 5) is 4.41. The van der Waals surface area contributed by atoms with E-state index in [0.717, 1.165) is 22.3 Å². The fourth-order valence-electron chi connectivity index (χ4n) is 1.44. The first-order valence-electron chi connectivity index (χ1n) is 4.48. The predicted octanol–water partition coefficient (Wildman–Crippen LogP) is 1.70. The fourth-order valence-corrected chi connectivity index (χ4v) is 1.44. The molecule has 1 aromatic heterocycles. The maximum absolute atomic E-state index is 5.53. The smallest absolute Gasteiger partial charge is 0.145 e. The maximum atomic E-state index is 5.53. The Hall–Kier alpha value is -1.61. The molecule has 3 heteroatoms. The Morgan fingerprint density at radius 3 is 2.86 bits per heavy atom. The lowest BCUT2D eigenvalue weighted by Gasteiger charge is -2.05. The molecule has 3 nitrogen and oxygen atoms in total. The summed E-state index contributed by atoms with van der Waals surface area (Å²) in [6.07, 6.45) is 0. The summed E-state index contributed by atoms with van der Waals surface area (Å²) < 4.78 is 5.22. The number of aromatic nitrogens is 1. The van der Waals surface area contributed by atoms with E-state index in [1.54, 1.807) is 7.11 Å². The number of rotatable bonds is 2. The third-order valence-corrected chi connectivity index (χ3v) is 2.17. The van der Waals surface area contributed by atoms with Crippen LogP contribution in [0, 0.1) is 0 Å². The molecular formula is C11H12N2O. The van der Waals surface area contributed by atoms with Gasteiger partial charge in [-0.15, -0.1) is 0 Å². The molecule has 0 fully saturated rings. The molecule has 0 radical (unpaired) electrons. The summed E-state index contributed by atoms with van der Waals surface area (Å²) >= 11 is 0. The highest BCUT2D eigenvalue weighted by molar-refractivity contribution is 5.84. The zero-order valence-electron chi connectivity index (χ0n) is 8.03. The van der Waals surface area contributed by atoms with Crippen LogP contribution < -0.4 is 10.5 Å². The maximum Gasteiger partial charge on any atom is 0.145 e. The summed E-state index contributed by atoms with van der Waals surface area (Å²) in [6, 6.07) is 9.79. The van der Waals surface area contributed by atoms with Crippen LogP contribution >= 0.6 is 0 Å². The quantitative estimate of drug-likeness (QED) is 0.780. The Morgan fingerprint density at radius 2 is 2.14 bits per heavy atom. The summed E-state index contributed by atoms with van der Waals surface area (Å²) in [6.45, 7) is 0.452. The van der Waals surface area contributed by atoms with E-state index in [1.165, 1.54) is 0 Å². The first kappa shape index (κ1) is 8.97. The van der Waals surface area contributed by atoms with Gasteiger partial charge in [0, 0.05) is 11.9 Å². The molecule has 0 unspecified atom stereocenters. The van der Waals surface area contributed by atoms with Crippen LogP contribution in [0.3, 0.4) is 0 Å². The topological polar surface area (TPSA) is 48.1 Å². The van der Waals surface area contributed by atoms with Gasteiger partial charge in [-0.1, -0.05) is 18.2 Å². The molecule has 1 aromatic carbocycles. The van der Waals surface area contributed by atoms with Crippen LogP contribution in [0.2, 0.25) is 0 Å². The molecule has 0 spiro atoms. The minimum Gasteiger partial charge on any atom is -0.494 e. The van der Waals surface area contributed by atoms with Gasteiger partial charge in [0.1, 0.15) is 11.3 Å². The molecule has 0 aliphatic carbocycles. The van der Waals surface area contributed by atoms with Gasteiger partial charge < -0.3 is 10.5 Å². The second-order valence-electron chi connectivity index (χ2n) is 3.04. The van der Waals surface area contributed by atoms with Crippen LogP contribution in [0.15, 0.2) is 30.3 Å².